The molecule has 0 fully saturated rings. The second-order valence-corrected chi connectivity index (χ2v) is 4.43. The van der Waals surface area contributed by atoms with Gasteiger partial charge in [-0.2, -0.15) is 0 Å². The monoisotopic (exact) mass is 264 g/mol. The Morgan fingerprint density at radius 1 is 1.39 bits per heavy atom. The van der Waals surface area contributed by atoms with Gasteiger partial charge in [0.15, 0.2) is 11.6 Å². The molecule has 1 aromatic carbocycles. The number of hydrogen-bond donors (Lipinski definition) is 1. The third-order valence-electron chi connectivity index (χ3n) is 2.57. The lowest BCUT2D eigenvalue weighted by molar-refractivity contribution is 0.0935. The summed E-state index contributed by atoms with van der Waals surface area (Å²) in [6, 6.07) is 7.22. The smallest absolute Gasteiger partial charge is 0.273 e. The van der Waals surface area contributed by atoms with Crippen LogP contribution in [-0.2, 0) is 0 Å². The summed E-state index contributed by atoms with van der Waals surface area (Å²) in [5.74, 6) is 0.216. The van der Waals surface area contributed by atoms with Crippen LogP contribution >= 0.6 is 11.6 Å². The Hall–Kier alpha value is -1.81. The fourth-order valence-electron chi connectivity index (χ4n) is 1.57. The molecule has 4 nitrogen and oxygen atoms in total. The number of carbonyl (C=O) groups is 1. The first-order valence-electron chi connectivity index (χ1n) is 5.54. The van der Waals surface area contributed by atoms with Gasteiger partial charge in [0.25, 0.3) is 5.91 Å². The maximum atomic E-state index is 11.8. The summed E-state index contributed by atoms with van der Waals surface area (Å²) in [4.78, 5) is 15.8. The number of nitrogens with zero attached hydrogens (tertiary/aromatic N) is 1. The van der Waals surface area contributed by atoms with Crippen LogP contribution in [0.4, 0.5) is 0 Å². The Balaban J connectivity index is 2.05. The van der Waals surface area contributed by atoms with E-state index < -0.39 is 0 Å². The molecule has 1 atom stereocenters. The van der Waals surface area contributed by atoms with Crippen LogP contribution in [0.2, 0.25) is 5.02 Å². The zero-order valence-electron chi connectivity index (χ0n) is 10.1. The molecule has 0 unspecified atom stereocenters. The highest BCUT2D eigenvalue weighted by atomic mass is 35.5. The first-order chi connectivity index (χ1) is 8.56. The molecule has 0 saturated heterocycles. The average Bonchev–Trinajstić information content (AvgIpc) is 2.76. The van der Waals surface area contributed by atoms with E-state index in [9.17, 15) is 4.79 Å². The van der Waals surface area contributed by atoms with E-state index in [4.69, 9.17) is 16.0 Å². The molecule has 2 aromatic rings. The van der Waals surface area contributed by atoms with E-state index in [-0.39, 0.29) is 17.6 Å². The maximum Gasteiger partial charge on any atom is 0.273 e. The summed E-state index contributed by atoms with van der Waals surface area (Å²) in [5.41, 5.74) is 1.27. The number of benzene rings is 1. The molecule has 1 amide bonds. The highest BCUT2D eigenvalue weighted by molar-refractivity contribution is 6.30. The fraction of sp³-hybridized carbons (Fsp3) is 0.231. The van der Waals surface area contributed by atoms with Gasteiger partial charge < -0.3 is 9.73 Å². The lowest BCUT2D eigenvalue weighted by atomic mass is 10.1. The van der Waals surface area contributed by atoms with Gasteiger partial charge in [0.1, 0.15) is 6.26 Å². The molecular weight excluding hydrogens is 252 g/mol. The highest BCUT2D eigenvalue weighted by Crippen LogP contribution is 2.16. The SMILES string of the molecule is Cc1nc(C(=O)N[C@H](C)c2ccc(Cl)cc2)co1. The molecule has 2 rings (SSSR count). The molecular formula is C13H13ClN2O2. The molecule has 94 valence electrons. The van der Waals surface area contributed by atoms with E-state index in [0.717, 1.165) is 5.56 Å². The van der Waals surface area contributed by atoms with E-state index in [1.54, 1.807) is 19.1 Å². The predicted octanol–water partition coefficient (Wildman–Crippen LogP) is 3.13. The van der Waals surface area contributed by atoms with E-state index >= 15 is 0 Å². The van der Waals surface area contributed by atoms with Crippen molar-refractivity contribution in [2.24, 2.45) is 0 Å². The molecule has 18 heavy (non-hydrogen) atoms. The van der Waals surface area contributed by atoms with Crippen LogP contribution in [0, 0.1) is 6.92 Å². The minimum atomic E-state index is -0.255. The number of oxazole rings is 1. The Kier molecular flexibility index (Phi) is 3.67. The predicted molar refractivity (Wildman–Crippen MR) is 68.6 cm³/mol. The third kappa shape index (κ3) is 2.90. The van der Waals surface area contributed by atoms with Gasteiger partial charge in [-0.25, -0.2) is 4.98 Å². The lowest BCUT2D eigenvalue weighted by Crippen LogP contribution is -2.26. The van der Waals surface area contributed by atoms with Crippen molar-refractivity contribution in [3.8, 4) is 0 Å². The van der Waals surface area contributed by atoms with Crippen molar-refractivity contribution in [1.29, 1.82) is 0 Å². The Labute approximate surface area is 110 Å². The summed E-state index contributed by atoms with van der Waals surface area (Å²) in [7, 11) is 0. The first-order valence-corrected chi connectivity index (χ1v) is 5.92. The van der Waals surface area contributed by atoms with E-state index in [2.05, 4.69) is 10.3 Å². The van der Waals surface area contributed by atoms with E-state index in [1.807, 2.05) is 19.1 Å². The minimum absolute atomic E-state index is 0.119. The summed E-state index contributed by atoms with van der Waals surface area (Å²) in [6.07, 6.45) is 1.35. The number of amides is 1. The lowest BCUT2D eigenvalue weighted by Gasteiger charge is -2.13. The van der Waals surface area contributed by atoms with Gasteiger partial charge >= 0.3 is 0 Å². The summed E-state index contributed by atoms with van der Waals surface area (Å²) in [5, 5.41) is 3.51. The molecule has 0 aliphatic rings. The van der Waals surface area contributed by atoms with Crippen LogP contribution in [0.3, 0.4) is 0 Å². The standard InChI is InChI=1S/C13H13ClN2O2/c1-8(10-3-5-11(14)6-4-10)15-13(17)12-7-18-9(2)16-12/h3-8H,1-2H3,(H,15,17)/t8-/m1/s1. The van der Waals surface area contributed by atoms with Crippen molar-refractivity contribution in [3.63, 3.8) is 0 Å². The fourth-order valence-corrected chi connectivity index (χ4v) is 1.70. The quantitative estimate of drug-likeness (QED) is 0.927. The van der Waals surface area contributed by atoms with Crippen LogP contribution in [-0.4, -0.2) is 10.9 Å². The maximum absolute atomic E-state index is 11.8. The van der Waals surface area contributed by atoms with Crippen molar-refractivity contribution in [3.05, 3.63) is 52.7 Å². The van der Waals surface area contributed by atoms with Crippen molar-refractivity contribution in [2.75, 3.05) is 0 Å². The van der Waals surface area contributed by atoms with Crippen molar-refractivity contribution in [1.82, 2.24) is 10.3 Å². The van der Waals surface area contributed by atoms with Gasteiger partial charge in [0.2, 0.25) is 0 Å². The third-order valence-corrected chi connectivity index (χ3v) is 2.82. The molecule has 1 aromatic heterocycles. The van der Waals surface area contributed by atoms with Gasteiger partial charge in [0.05, 0.1) is 6.04 Å². The molecule has 0 aliphatic carbocycles. The summed E-state index contributed by atoms with van der Waals surface area (Å²) < 4.78 is 5.00. The van der Waals surface area contributed by atoms with Gasteiger partial charge in [-0.15, -0.1) is 0 Å². The molecule has 1 N–H and O–H groups in total. The van der Waals surface area contributed by atoms with Crippen LogP contribution < -0.4 is 5.32 Å². The average molecular weight is 265 g/mol. The zero-order chi connectivity index (χ0) is 13.1. The summed E-state index contributed by atoms with van der Waals surface area (Å²) in [6.45, 7) is 3.59. The second kappa shape index (κ2) is 5.23. The Morgan fingerprint density at radius 2 is 2.06 bits per heavy atom. The van der Waals surface area contributed by atoms with Crippen molar-refractivity contribution >= 4 is 17.5 Å². The number of aromatic nitrogens is 1. The van der Waals surface area contributed by atoms with Crippen LogP contribution in [0.5, 0.6) is 0 Å². The van der Waals surface area contributed by atoms with Gasteiger partial charge in [0, 0.05) is 11.9 Å². The van der Waals surface area contributed by atoms with Crippen LogP contribution in [0.1, 0.15) is 34.9 Å². The molecule has 0 radical (unpaired) electrons. The number of carbonyl (C=O) groups excluding carboxylic acids is 1. The van der Waals surface area contributed by atoms with Crippen molar-refractivity contribution in [2.45, 2.75) is 19.9 Å². The molecule has 0 saturated carbocycles. The number of aryl methyl sites for hydroxylation is 1. The van der Waals surface area contributed by atoms with E-state index in [1.165, 1.54) is 6.26 Å². The minimum Gasteiger partial charge on any atom is -0.448 e. The number of rotatable bonds is 3. The number of hydrogen-bond acceptors (Lipinski definition) is 3. The van der Waals surface area contributed by atoms with Crippen LogP contribution in [0.15, 0.2) is 34.9 Å². The molecule has 5 heteroatoms. The Bertz CT molecular complexity index is 548. The normalized spacial score (nSPS) is 12.2. The molecule has 0 spiro atoms. The summed E-state index contributed by atoms with van der Waals surface area (Å²) >= 11 is 5.81. The topological polar surface area (TPSA) is 55.1 Å². The molecule has 1 heterocycles. The first kappa shape index (κ1) is 12.6. The van der Waals surface area contributed by atoms with Crippen LogP contribution in [0.25, 0.3) is 0 Å². The van der Waals surface area contributed by atoms with Gasteiger partial charge in [-0.3, -0.25) is 4.79 Å². The number of nitrogens with one attached hydrogen (secondary N) is 1. The van der Waals surface area contributed by atoms with E-state index in [0.29, 0.717) is 10.9 Å². The molecule has 0 aliphatic heterocycles. The highest BCUT2D eigenvalue weighted by Gasteiger charge is 2.14. The van der Waals surface area contributed by atoms with Gasteiger partial charge in [-0.1, -0.05) is 23.7 Å². The van der Waals surface area contributed by atoms with Gasteiger partial charge in [-0.05, 0) is 24.6 Å². The zero-order valence-corrected chi connectivity index (χ0v) is 10.9. The largest absolute Gasteiger partial charge is 0.448 e. The molecule has 0 bridgehead atoms. The van der Waals surface area contributed by atoms with Crippen molar-refractivity contribution < 1.29 is 9.21 Å². The second-order valence-electron chi connectivity index (χ2n) is 4.00. The number of halogens is 1. The Morgan fingerprint density at radius 3 is 2.61 bits per heavy atom.